The van der Waals surface area contributed by atoms with Gasteiger partial charge in [-0.15, -0.1) is 0 Å². The molecule has 0 N–H and O–H groups in total. The number of anilines is 1. The average Bonchev–Trinajstić information content (AvgIpc) is 3.37. The Morgan fingerprint density at radius 2 is 1.81 bits per heavy atom. The molecule has 2 saturated heterocycles. The van der Waals surface area contributed by atoms with Crippen molar-refractivity contribution in [2.24, 2.45) is 5.92 Å². The zero-order valence-corrected chi connectivity index (χ0v) is 20.7. The molecule has 196 valence electrons. The van der Waals surface area contributed by atoms with Crippen LogP contribution >= 0.6 is 0 Å². The van der Waals surface area contributed by atoms with E-state index in [1.54, 1.807) is 6.07 Å². The molecule has 2 aliphatic rings. The molecular formula is C27H30F3N5O2. The summed E-state index contributed by atoms with van der Waals surface area (Å²) in [6.07, 6.45) is -2.65. The van der Waals surface area contributed by atoms with E-state index in [9.17, 15) is 18.0 Å². The number of nitrogens with zero attached hydrogens (tertiary/aromatic N) is 5. The third-order valence-electron chi connectivity index (χ3n) is 7.12. The summed E-state index contributed by atoms with van der Waals surface area (Å²) < 4.78 is 44.7. The molecule has 0 radical (unpaired) electrons. The highest BCUT2D eigenvalue weighted by Gasteiger charge is 2.33. The van der Waals surface area contributed by atoms with Gasteiger partial charge in [0.05, 0.1) is 18.0 Å². The molecule has 5 rings (SSSR count). The van der Waals surface area contributed by atoms with Crippen molar-refractivity contribution in [2.45, 2.75) is 32.5 Å². The number of hydrogen-bond donors (Lipinski definition) is 0. The van der Waals surface area contributed by atoms with Crippen molar-refractivity contribution in [3.8, 4) is 11.4 Å². The molecule has 0 saturated carbocycles. The molecule has 1 aromatic heterocycles. The lowest BCUT2D eigenvalue weighted by atomic mass is 9.96. The highest BCUT2D eigenvalue weighted by molar-refractivity contribution is 5.79. The van der Waals surface area contributed by atoms with Gasteiger partial charge >= 0.3 is 6.18 Å². The van der Waals surface area contributed by atoms with E-state index < -0.39 is 11.7 Å². The van der Waals surface area contributed by atoms with Crippen LogP contribution in [0.15, 0.2) is 53.1 Å². The van der Waals surface area contributed by atoms with E-state index in [1.165, 1.54) is 12.1 Å². The van der Waals surface area contributed by atoms with E-state index >= 15 is 0 Å². The Balaban J connectivity index is 1.15. The van der Waals surface area contributed by atoms with Gasteiger partial charge in [-0.05, 0) is 44.5 Å². The lowest BCUT2D eigenvalue weighted by Crippen LogP contribution is -2.52. The van der Waals surface area contributed by atoms with Gasteiger partial charge in [0.15, 0.2) is 0 Å². The minimum Gasteiger partial charge on any atom is -0.368 e. The quantitative estimate of drug-likeness (QED) is 0.496. The number of rotatable bonds is 5. The molecule has 0 bridgehead atoms. The summed E-state index contributed by atoms with van der Waals surface area (Å²) in [5, 5.41) is 4.11. The summed E-state index contributed by atoms with van der Waals surface area (Å²) >= 11 is 0. The standard InChI is InChI=1S/C27H30F3N5O2/c1-19-7-9-20(10-8-19)25-31-24(37-32-25)18-33-11-3-4-21(17-33)26(36)35-14-12-34(13-15-35)23-6-2-5-22(16-23)27(28,29)30/h2,5-10,16,21H,3-4,11-15,17-18H2,1H3. The molecule has 0 aliphatic carbocycles. The number of carbonyl (C=O) groups excluding carboxylic acids is 1. The highest BCUT2D eigenvalue weighted by Crippen LogP contribution is 2.32. The number of piperidine rings is 1. The smallest absolute Gasteiger partial charge is 0.368 e. The van der Waals surface area contributed by atoms with E-state index in [2.05, 4.69) is 15.0 Å². The predicted molar refractivity (Wildman–Crippen MR) is 133 cm³/mol. The molecule has 2 fully saturated rings. The molecule has 1 amide bonds. The number of benzene rings is 2. The fourth-order valence-corrected chi connectivity index (χ4v) is 5.05. The predicted octanol–water partition coefficient (Wildman–Crippen LogP) is 4.62. The number of likely N-dealkylation sites (tertiary alicyclic amines) is 1. The SMILES string of the molecule is Cc1ccc(-c2noc(CN3CCCC(C(=O)N4CCN(c5cccc(C(F)(F)F)c5)CC4)C3)n2)cc1. The van der Waals surface area contributed by atoms with Gasteiger partial charge in [0.2, 0.25) is 17.6 Å². The zero-order chi connectivity index (χ0) is 26.0. The second kappa shape index (κ2) is 10.5. The van der Waals surface area contributed by atoms with Crippen LogP contribution in [0.5, 0.6) is 0 Å². The first kappa shape index (κ1) is 25.3. The number of hydrogen-bond acceptors (Lipinski definition) is 6. The Morgan fingerprint density at radius 3 is 2.54 bits per heavy atom. The van der Waals surface area contributed by atoms with Crippen molar-refractivity contribution in [2.75, 3.05) is 44.2 Å². The summed E-state index contributed by atoms with van der Waals surface area (Å²) in [7, 11) is 0. The number of aromatic nitrogens is 2. The zero-order valence-electron chi connectivity index (χ0n) is 20.7. The lowest BCUT2D eigenvalue weighted by Gasteiger charge is -2.39. The van der Waals surface area contributed by atoms with Gasteiger partial charge in [0, 0.05) is 44.0 Å². The van der Waals surface area contributed by atoms with Crippen LogP contribution in [0.4, 0.5) is 18.9 Å². The van der Waals surface area contributed by atoms with Crippen LogP contribution in [0.1, 0.15) is 29.9 Å². The average molecular weight is 514 g/mol. The normalized spacial score (nSPS) is 19.3. The number of carbonyl (C=O) groups is 1. The molecule has 2 aliphatic heterocycles. The Bertz CT molecular complexity index is 1220. The van der Waals surface area contributed by atoms with E-state index in [0.29, 0.717) is 56.7 Å². The summed E-state index contributed by atoms with van der Waals surface area (Å²) in [6, 6.07) is 13.3. The molecule has 7 nitrogen and oxygen atoms in total. The van der Waals surface area contributed by atoms with Gasteiger partial charge in [-0.2, -0.15) is 18.2 Å². The number of halogens is 3. The second-order valence-electron chi connectivity index (χ2n) is 9.81. The largest absolute Gasteiger partial charge is 0.416 e. The van der Waals surface area contributed by atoms with Crippen LogP contribution in [0.3, 0.4) is 0 Å². The maximum Gasteiger partial charge on any atom is 0.416 e. The molecule has 3 aromatic rings. The maximum atomic E-state index is 13.3. The Kier molecular flexibility index (Phi) is 7.19. The van der Waals surface area contributed by atoms with Crippen LogP contribution in [-0.4, -0.2) is 65.1 Å². The third kappa shape index (κ3) is 5.95. The number of piperazine rings is 1. The first-order chi connectivity index (χ1) is 17.8. The van der Waals surface area contributed by atoms with E-state index in [1.807, 2.05) is 41.0 Å². The van der Waals surface area contributed by atoms with Gasteiger partial charge < -0.3 is 14.3 Å². The molecule has 0 spiro atoms. The maximum absolute atomic E-state index is 13.3. The van der Waals surface area contributed by atoms with Crippen molar-refractivity contribution in [3.05, 3.63) is 65.5 Å². The van der Waals surface area contributed by atoms with Crippen LogP contribution < -0.4 is 4.90 Å². The van der Waals surface area contributed by atoms with E-state index in [0.717, 1.165) is 36.6 Å². The summed E-state index contributed by atoms with van der Waals surface area (Å²) in [5.74, 6) is 1.07. The highest BCUT2D eigenvalue weighted by atomic mass is 19.4. The topological polar surface area (TPSA) is 65.7 Å². The first-order valence-corrected chi connectivity index (χ1v) is 12.6. The fourth-order valence-electron chi connectivity index (χ4n) is 5.05. The van der Waals surface area contributed by atoms with Crippen molar-refractivity contribution in [3.63, 3.8) is 0 Å². The monoisotopic (exact) mass is 513 g/mol. The van der Waals surface area contributed by atoms with Crippen LogP contribution in [0, 0.1) is 12.8 Å². The summed E-state index contributed by atoms with van der Waals surface area (Å²) in [5.41, 5.74) is 1.94. The lowest BCUT2D eigenvalue weighted by molar-refractivity contribution is -0.138. The number of aryl methyl sites for hydroxylation is 1. The van der Waals surface area contributed by atoms with Gasteiger partial charge in [-0.25, -0.2) is 0 Å². The van der Waals surface area contributed by atoms with Crippen LogP contribution in [0.2, 0.25) is 0 Å². The van der Waals surface area contributed by atoms with E-state index in [-0.39, 0.29) is 11.8 Å². The Morgan fingerprint density at radius 1 is 1.05 bits per heavy atom. The summed E-state index contributed by atoms with van der Waals surface area (Å²) in [4.78, 5) is 23.7. The molecule has 10 heteroatoms. The molecule has 2 aromatic carbocycles. The van der Waals surface area contributed by atoms with Gasteiger partial charge in [-0.1, -0.05) is 41.1 Å². The Labute approximate surface area is 213 Å². The minimum atomic E-state index is -4.37. The van der Waals surface area contributed by atoms with Crippen molar-refractivity contribution in [1.29, 1.82) is 0 Å². The van der Waals surface area contributed by atoms with Gasteiger partial charge in [0.25, 0.3) is 0 Å². The van der Waals surface area contributed by atoms with E-state index in [4.69, 9.17) is 4.52 Å². The Hall–Kier alpha value is -3.40. The van der Waals surface area contributed by atoms with Crippen LogP contribution in [0.25, 0.3) is 11.4 Å². The second-order valence-corrected chi connectivity index (χ2v) is 9.81. The van der Waals surface area contributed by atoms with Crippen molar-refractivity contribution < 1.29 is 22.5 Å². The number of amides is 1. The van der Waals surface area contributed by atoms with Gasteiger partial charge in [-0.3, -0.25) is 9.69 Å². The van der Waals surface area contributed by atoms with Gasteiger partial charge in [0.1, 0.15) is 0 Å². The van der Waals surface area contributed by atoms with Crippen molar-refractivity contribution >= 4 is 11.6 Å². The molecular weight excluding hydrogens is 483 g/mol. The van der Waals surface area contributed by atoms with Crippen LogP contribution in [-0.2, 0) is 17.5 Å². The molecule has 1 atom stereocenters. The molecule has 3 heterocycles. The third-order valence-corrected chi connectivity index (χ3v) is 7.12. The summed E-state index contributed by atoms with van der Waals surface area (Å²) in [6.45, 7) is 6.00. The fraction of sp³-hybridized carbons (Fsp3) is 0.444. The first-order valence-electron chi connectivity index (χ1n) is 12.6. The number of alkyl halides is 3. The molecule has 37 heavy (non-hydrogen) atoms. The van der Waals surface area contributed by atoms with Crippen molar-refractivity contribution in [1.82, 2.24) is 19.9 Å². The molecule has 1 unspecified atom stereocenters. The minimum absolute atomic E-state index is 0.110.